The van der Waals surface area contributed by atoms with Gasteiger partial charge in [0.25, 0.3) is 5.69 Å². The van der Waals surface area contributed by atoms with Gasteiger partial charge in [-0.1, -0.05) is 23.7 Å². The van der Waals surface area contributed by atoms with Gasteiger partial charge in [0.05, 0.1) is 18.0 Å². The Morgan fingerprint density at radius 3 is 2.64 bits per heavy atom. The van der Waals surface area contributed by atoms with E-state index in [-0.39, 0.29) is 30.6 Å². The zero-order valence-corrected chi connectivity index (χ0v) is 16.3. The van der Waals surface area contributed by atoms with E-state index in [1.54, 1.807) is 31.2 Å². The Hall–Kier alpha value is -3.13. The number of aryl methyl sites for hydroxylation is 1. The van der Waals surface area contributed by atoms with E-state index in [9.17, 15) is 19.7 Å². The first-order valence-electron chi connectivity index (χ1n) is 8.62. The fraction of sp³-hybridized carbons (Fsp3) is 0.263. The monoisotopic (exact) mass is 404 g/mol. The summed E-state index contributed by atoms with van der Waals surface area (Å²) >= 11 is 5.95. The molecule has 0 aromatic heterocycles. The molecular formula is C19H21ClN4O4. The number of halogens is 1. The minimum atomic E-state index is -0.506. The van der Waals surface area contributed by atoms with Crippen LogP contribution in [0.5, 0.6) is 0 Å². The minimum absolute atomic E-state index is 0.0685. The normalized spacial score (nSPS) is 10.2. The molecule has 0 fully saturated rings. The summed E-state index contributed by atoms with van der Waals surface area (Å²) in [7, 11) is 0. The van der Waals surface area contributed by atoms with Crippen LogP contribution in [0.2, 0.25) is 5.02 Å². The molecule has 0 atom stereocenters. The number of carbonyl (C=O) groups is 2. The third kappa shape index (κ3) is 5.95. The molecular weight excluding hydrogens is 384 g/mol. The van der Waals surface area contributed by atoms with Gasteiger partial charge in [-0.25, -0.2) is 0 Å². The van der Waals surface area contributed by atoms with Gasteiger partial charge in [-0.05, 0) is 37.6 Å². The quantitative estimate of drug-likeness (QED) is 0.518. The number of benzene rings is 2. The maximum Gasteiger partial charge on any atom is 0.271 e. The Morgan fingerprint density at radius 2 is 1.96 bits per heavy atom. The van der Waals surface area contributed by atoms with E-state index in [2.05, 4.69) is 10.6 Å². The molecule has 0 saturated heterocycles. The maximum atomic E-state index is 12.4. The van der Waals surface area contributed by atoms with Gasteiger partial charge < -0.3 is 15.5 Å². The third-order valence-corrected chi connectivity index (χ3v) is 4.28. The zero-order chi connectivity index (χ0) is 20.7. The molecule has 2 aromatic carbocycles. The van der Waals surface area contributed by atoms with Crippen LogP contribution in [0.4, 0.5) is 17.1 Å². The molecule has 2 aromatic rings. The summed E-state index contributed by atoms with van der Waals surface area (Å²) < 4.78 is 0. The van der Waals surface area contributed by atoms with E-state index in [0.717, 1.165) is 5.56 Å². The number of likely N-dealkylation sites (N-methyl/N-ethyl adjacent to an activating group) is 1. The highest BCUT2D eigenvalue weighted by Gasteiger charge is 2.16. The molecule has 2 N–H and O–H groups in total. The Morgan fingerprint density at radius 1 is 1.21 bits per heavy atom. The summed E-state index contributed by atoms with van der Waals surface area (Å²) in [4.78, 5) is 36.4. The van der Waals surface area contributed by atoms with Crippen LogP contribution in [-0.4, -0.2) is 41.3 Å². The molecule has 0 bridgehead atoms. The highest BCUT2D eigenvalue weighted by atomic mass is 35.5. The van der Waals surface area contributed by atoms with Crippen molar-refractivity contribution in [2.45, 2.75) is 13.8 Å². The van der Waals surface area contributed by atoms with Crippen molar-refractivity contribution in [3.63, 3.8) is 0 Å². The molecule has 0 aliphatic carbocycles. The summed E-state index contributed by atoms with van der Waals surface area (Å²) in [6.07, 6.45) is 0. The molecule has 2 rings (SSSR count). The predicted molar refractivity (Wildman–Crippen MR) is 109 cm³/mol. The van der Waals surface area contributed by atoms with Crippen LogP contribution in [0, 0.1) is 17.0 Å². The molecule has 0 radical (unpaired) electrons. The average molecular weight is 405 g/mol. The molecule has 28 heavy (non-hydrogen) atoms. The highest BCUT2D eigenvalue weighted by Crippen LogP contribution is 2.20. The molecule has 0 aliphatic rings. The fourth-order valence-electron chi connectivity index (χ4n) is 2.49. The number of amides is 2. The van der Waals surface area contributed by atoms with Crippen LogP contribution < -0.4 is 10.6 Å². The minimum Gasteiger partial charge on any atom is -0.376 e. The number of hydrogen-bond acceptors (Lipinski definition) is 5. The maximum absolute atomic E-state index is 12.4. The summed E-state index contributed by atoms with van der Waals surface area (Å²) in [5.41, 5.74) is 1.84. The zero-order valence-electron chi connectivity index (χ0n) is 15.6. The second kappa shape index (κ2) is 9.70. The van der Waals surface area contributed by atoms with E-state index < -0.39 is 4.92 Å². The van der Waals surface area contributed by atoms with E-state index >= 15 is 0 Å². The van der Waals surface area contributed by atoms with E-state index in [1.165, 1.54) is 23.1 Å². The van der Waals surface area contributed by atoms with Crippen molar-refractivity contribution in [3.05, 3.63) is 63.2 Å². The number of rotatable bonds is 8. The van der Waals surface area contributed by atoms with E-state index in [1.807, 2.05) is 6.92 Å². The van der Waals surface area contributed by atoms with Crippen LogP contribution in [0.15, 0.2) is 42.5 Å². The lowest BCUT2D eigenvalue weighted by Crippen LogP contribution is -2.40. The fourth-order valence-corrected chi connectivity index (χ4v) is 2.66. The summed E-state index contributed by atoms with van der Waals surface area (Å²) in [5.74, 6) is -0.636. The van der Waals surface area contributed by atoms with Crippen LogP contribution in [0.3, 0.4) is 0 Å². The first-order valence-corrected chi connectivity index (χ1v) is 9.00. The molecule has 148 valence electrons. The largest absolute Gasteiger partial charge is 0.376 e. The predicted octanol–water partition coefficient (Wildman–Crippen LogP) is 3.46. The van der Waals surface area contributed by atoms with Crippen molar-refractivity contribution in [2.75, 3.05) is 30.3 Å². The molecule has 0 saturated carbocycles. The number of anilines is 2. The second-order valence-electron chi connectivity index (χ2n) is 6.08. The lowest BCUT2D eigenvalue weighted by Gasteiger charge is -2.21. The van der Waals surface area contributed by atoms with Crippen LogP contribution in [0.25, 0.3) is 0 Å². The van der Waals surface area contributed by atoms with Crippen molar-refractivity contribution < 1.29 is 14.5 Å². The number of non-ortho nitro benzene ring substituents is 1. The smallest absolute Gasteiger partial charge is 0.271 e. The van der Waals surface area contributed by atoms with E-state index in [0.29, 0.717) is 22.9 Å². The Bertz CT molecular complexity index is 888. The molecule has 0 aliphatic heterocycles. The van der Waals surface area contributed by atoms with Gasteiger partial charge in [-0.2, -0.15) is 0 Å². The number of nitrogens with one attached hydrogen (secondary N) is 2. The number of nitro groups is 1. The molecule has 9 heteroatoms. The molecule has 2 amide bonds. The van der Waals surface area contributed by atoms with Crippen molar-refractivity contribution >= 4 is 40.5 Å². The Labute approximate surface area is 167 Å². The standard InChI is InChI=1S/C19H21ClN4O4/c1-3-23(12-18(25)22-17-9-14(20)8-7-13(17)2)19(26)11-21-15-5-4-6-16(10-15)24(27)28/h4-10,21H,3,11-12H2,1-2H3,(H,22,25). The molecule has 0 unspecified atom stereocenters. The van der Waals surface area contributed by atoms with Gasteiger partial charge in [-0.3, -0.25) is 19.7 Å². The number of hydrogen-bond donors (Lipinski definition) is 2. The van der Waals surface area contributed by atoms with Crippen molar-refractivity contribution in [3.8, 4) is 0 Å². The van der Waals surface area contributed by atoms with Crippen LogP contribution >= 0.6 is 11.6 Å². The topological polar surface area (TPSA) is 105 Å². The second-order valence-corrected chi connectivity index (χ2v) is 6.51. The third-order valence-electron chi connectivity index (χ3n) is 4.04. The van der Waals surface area contributed by atoms with Gasteiger partial charge in [0.15, 0.2) is 0 Å². The summed E-state index contributed by atoms with van der Waals surface area (Å²) in [5, 5.41) is 16.9. The highest BCUT2D eigenvalue weighted by molar-refractivity contribution is 6.31. The van der Waals surface area contributed by atoms with Gasteiger partial charge in [-0.15, -0.1) is 0 Å². The molecule has 0 spiro atoms. The number of nitrogens with zero attached hydrogens (tertiary/aromatic N) is 2. The lowest BCUT2D eigenvalue weighted by atomic mass is 10.2. The lowest BCUT2D eigenvalue weighted by molar-refractivity contribution is -0.384. The number of nitro benzene ring substituents is 1. The SMILES string of the molecule is CCN(CC(=O)Nc1cc(Cl)ccc1C)C(=O)CNc1cccc([N+](=O)[O-])c1. The van der Waals surface area contributed by atoms with Crippen LogP contribution in [0.1, 0.15) is 12.5 Å². The Kier molecular flexibility index (Phi) is 7.34. The van der Waals surface area contributed by atoms with Gasteiger partial charge in [0.1, 0.15) is 0 Å². The summed E-state index contributed by atoms with van der Waals surface area (Å²) in [6.45, 7) is 3.76. The average Bonchev–Trinajstić information content (AvgIpc) is 2.67. The molecule has 8 nitrogen and oxygen atoms in total. The van der Waals surface area contributed by atoms with E-state index in [4.69, 9.17) is 11.6 Å². The molecule has 0 heterocycles. The first-order chi connectivity index (χ1) is 13.3. The van der Waals surface area contributed by atoms with Gasteiger partial charge in [0.2, 0.25) is 11.8 Å². The van der Waals surface area contributed by atoms with Gasteiger partial charge in [0, 0.05) is 35.1 Å². The first kappa shape index (κ1) is 21.2. The Balaban J connectivity index is 1.93. The van der Waals surface area contributed by atoms with Gasteiger partial charge >= 0.3 is 0 Å². The van der Waals surface area contributed by atoms with Crippen molar-refractivity contribution in [1.82, 2.24) is 4.90 Å². The van der Waals surface area contributed by atoms with Crippen molar-refractivity contribution in [2.24, 2.45) is 0 Å². The van der Waals surface area contributed by atoms with Crippen LogP contribution in [-0.2, 0) is 9.59 Å². The van der Waals surface area contributed by atoms with Crippen molar-refractivity contribution in [1.29, 1.82) is 0 Å². The number of carbonyl (C=O) groups excluding carboxylic acids is 2. The summed E-state index contributed by atoms with van der Waals surface area (Å²) in [6, 6.07) is 11.1.